The van der Waals surface area contributed by atoms with Crippen molar-refractivity contribution < 1.29 is 9.35 Å². The lowest BCUT2D eigenvalue weighted by atomic mass is 10.2. The van der Waals surface area contributed by atoms with Crippen molar-refractivity contribution in [1.82, 2.24) is 14.7 Å². The second-order valence-electron chi connectivity index (χ2n) is 9.34. The van der Waals surface area contributed by atoms with E-state index in [0.29, 0.717) is 13.1 Å². The fourth-order valence-electron chi connectivity index (χ4n) is 4.24. The number of benzene rings is 2. The number of rotatable bonds is 9. The van der Waals surface area contributed by atoms with Crippen LogP contribution in [0.2, 0.25) is 5.04 Å². The normalized spacial score (nSPS) is 13.3. The summed E-state index contributed by atoms with van der Waals surface area (Å²) in [5, 5.41) is 17.6. The van der Waals surface area contributed by atoms with E-state index in [1.165, 1.54) is 22.8 Å². The van der Waals surface area contributed by atoms with Gasteiger partial charge in [0.25, 0.3) is 8.32 Å². The van der Waals surface area contributed by atoms with E-state index < -0.39 is 13.2 Å². The highest BCUT2D eigenvalue weighted by Crippen LogP contribution is 2.37. The molecule has 0 unspecified atom stereocenters. The molecule has 1 heterocycles. The maximum absolute atomic E-state index is 11.1. The molecule has 2 aromatic carbocycles. The first kappa shape index (κ1) is 23.8. The Balaban J connectivity index is 2.10. The molecule has 32 heavy (non-hydrogen) atoms. The van der Waals surface area contributed by atoms with Gasteiger partial charge in [-0.3, -0.25) is 14.8 Å². The lowest BCUT2D eigenvalue weighted by Gasteiger charge is -2.45. The standard InChI is InChI=1S/C24H32N4O3Si/c1-24(2,3)32(22-12-8-6-9-13-22,23-14-10-7-11-15-23)31-21(18-26(4)5)19-27-17-20(16-25-27)28(29)30/h6-17,21H,18-19H2,1-5H3/t21-/m1/s1. The first-order chi connectivity index (χ1) is 15.1. The average Bonchev–Trinajstić information content (AvgIpc) is 3.20. The first-order valence-electron chi connectivity index (χ1n) is 10.7. The van der Waals surface area contributed by atoms with Crippen LogP contribution in [-0.4, -0.2) is 54.7 Å². The van der Waals surface area contributed by atoms with Crippen LogP contribution in [0.25, 0.3) is 0 Å². The first-order valence-corrected chi connectivity index (χ1v) is 12.6. The number of aromatic nitrogens is 2. The zero-order chi connectivity index (χ0) is 23.4. The van der Waals surface area contributed by atoms with Crippen molar-refractivity contribution in [3.8, 4) is 0 Å². The molecule has 1 aromatic heterocycles. The summed E-state index contributed by atoms with van der Waals surface area (Å²) in [6, 6.07) is 20.9. The van der Waals surface area contributed by atoms with Gasteiger partial charge in [-0.15, -0.1) is 0 Å². The van der Waals surface area contributed by atoms with E-state index in [0.717, 1.165) is 0 Å². The third-order valence-electron chi connectivity index (χ3n) is 5.55. The minimum absolute atomic E-state index is 0.0148. The SMILES string of the molecule is CN(C)C[C@H](Cn1cc([N+](=O)[O-])cn1)O[Si](c1ccccc1)(c1ccccc1)C(C)(C)C. The van der Waals surface area contributed by atoms with E-state index >= 15 is 0 Å². The Bertz CT molecular complexity index is 977. The molecule has 0 bridgehead atoms. The van der Waals surface area contributed by atoms with Gasteiger partial charge in [0.2, 0.25) is 0 Å². The van der Waals surface area contributed by atoms with E-state index in [4.69, 9.17) is 4.43 Å². The Morgan fingerprint density at radius 1 is 1.06 bits per heavy atom. The molecule has 3 rings (SSSR count). The topological polar surface area (TPSA) is 73.4 Å². The number of hydrogen-bond acceptors (Lipinski definition) is 5. The van der Waals surface area contributed by atoms with Crippen molar-refractivity contribution in [2.75, 3.05) is 20.6 Å². The zero-order valence-electron chi connectivity index (χ0n) is 19.4. The van der Waals surface area contributed by atoms with Gasteiger partial charge >= 0.3 is 5.69 Å². The van der Waals surface area contributed by atoms with Gasteiger partial charge in [0, 0.05) is 6.54 Å². The predicted molar refractivity (Wildman–Crippen MR) is 130 cm³/mol. The van der Waals surface area contributed by atoms with Crippen molar-refractivity contribution in [3.63, 3.8) is 0 Å². The third kappa shape index (κ3) is 5.15. The van der Waals surface area contributed by atoms with Gasteiger partial charge in [-0.05, 0) is 29.5 Å². The van der Waals surface area contributed by atoms with Crippen molar-refractivity contribution in [3.05, 3.63) is 83.2 Å². The summed E-state index contributed by atoms with van der Waals surface area (Å²) in [6.45, 7) is 7.81. The Morgan fingerprint density at radius 3 is 2.00 bits per heavy atom. The quantitative estimate of drug-likeness (QED) is 0.283. The lowest BCUT2D eigenvalue weighted by molar-refractivity contribution is -0.385. The maximum atomic E-state index is 11.1. The molecule has 7 nitrogen and oxygen atoms in total. The molecule has 0 N–H and O–H groups in total. The van der Waals surface area contributed by atoms with Crippen molar-refractivity contribution >= 4 is 24.4 Å². The minimum Gasteiger partial charge on any atom is -0.401 e. The van der Waals surface area contributed by atoms with E-state index in [9.17, 15) is 10.1 Å². The van der Waals surface area contributed by atoms with E-state index in [2.05, 4.69) is 79.3 Å². The highest BCUT2D eigenvalue weighted by atomic mass is 28.4. The summed E-state index contributed by atoms with van der Waals surface area (Å²) in [5.41, 5.74) is -0.0148. The predicted octanol–water partition coefficient (Wildman–Crippen LogP) is 3.30. The van der Waals surface area contributed by atoms with Crippen LogP contribution < -0.4 is 10.4 Å². The number of likely N-dealkylation sites (N-methyl/N-ethyl adjacent to an activating group) is 1. The highest BCUT2D eigenvalue weighted by molar-refractivity contribution is 6.99. The molecule has 1 atom stereocenters. The fraction of sp³-hybridized carbons (Fsp3) is 0.375. The van der Waals surface area contributed by atoms with Crippen molar-refractivity contribution in [2.45, 2.75) is 38.5 Å². The molecule has 0 aliphatic heterocycles. The van der Waals surface area contributed by atoms with Gasteiger partial charge in [-0.2, -0.15) is 5.10 Å². The van der Waals surface area contributed by atoms with Crippen LogP contribution in [0.1, 0.15) is 20.8 Å². The van der Waals surface area contributed by atoms with Crippen LogP contribution in [-0.2, 0) is 11.0 Å². The van der Waals surface area contributed by atoms with Gasteiger partial charge in [-0.25, -0.2) is 0 Å². The summed E-state index contributed by atoms with van der Waals surface area (Å²) in [5.74, 6) is 0. The second kappa shape index (κ2) is 9.77. The molecular weight excluding hydrogens is 420 g/mol. The van der Waals surface area contributed by atoms with Crippen molar-refractivity contribution in [1.29, 1.82) is 0 Å². The Hall–Kier alpha value is -2.81. The molecule has 0 aliphatic rings. The molecule has 0 fully saturated rings. The zero-order valence-corrected chi connectivity index (χ0v) is 20.4. The summed E-state index contributed by atoms with van der Waals surface area (Å²) in [7, 11) is 1.26. The summed E-state index contributed by atoms with van der Waals surface area (Å²) < 4.78 is 8.84. The number of hydrogen-bond donors (Lipinski definition) is 0. The second-order valence-corrected chi connectivity index (χ2v) is 13.6. The molecule has 0 aliphatic carbocycles. The van der Waals surface area contributed by atoms with Gasteiger partial charge < -0.3 is 9.33 Å². The van der Waals surface area contributed by atoms with E-state index in [-0.39, 0.29) is 16.8 Å². The lowest BCUT2D eigenvalue weighted by Crippen LogP contribution is -2.68. The van der Waals surface area contributed by atoms with Crippen LogP contribution in [0.5, 0.6) is 0 Å². The number of nitrogens with zero attached hydrogens (tertiary/aromatic N) is 4. The largest absolute Gasteiger partial charge is 0.401 e. The van der Waals surface area contributed by atoms with Crippen LogP contribution >= 0.6 is 0 Å². The highest BCUT2D eigenvalue weighted by Gasteiger charge is 2.51. The molecule has 0 radical (unpaired) electrons. The Kier molecular flexibility index (Phi) is 7.28. The average molecular weight is 453 g/mol. The molecule has 0 spiro atoms. The van der Waals surface area contributed by atoms with Gasteiger partial charge in [0.15, 0.2) is 0 Å². The molecule has 3 aromatic rings. The maximum Gasteiger partial charge on any atom is 0.306 e. The van der Waals surface area contributed by atoms with Gasteiger partial charge in [0.1, 0.15) is 12.4 Å². The summed E-state index contributed by atoms with van der Waals surface area (Å²) in [4.78, 5) is 12.8. The summed E-state index contributed by atoms with van der Waals surface area (Å²) >= 11 is 0. The fourth-order valence-corrected chi connectivity index (χ4v) is 8.90. The molecule has 0 saturated carbocycles. The van der Waals surface area contributed by atoms with E-state index in [1.54, 1.807) is 4.68 Å². The minimum atomic E-state index is -2.75. The summed E-state index contributed by atoms with van der Waals surface area (Å²) in [6.07, 6.45) is 2.54. The Morgan fingerprint density at radius 2 is 1.59 bits per heavy atom. The molecule has 170 valence electrons. The van der Waals surface area contributed by atoms with Crippen LogP contribution in [0.4, 0.5) is 5.69 Å². The molecule has 0 saturated heterocycles. The van der Waals surface area contributed by atoms with Gasteiger partial charge in [0.05, 0.1) is 17.6 Å². The van der Waals surface area contributed by atoms with Crippen molar-refractivity contribution in [2.24, 2.45) is 0 Å². The monoisotopic (exact) mass is 452 g/mol. The van der Waals surface area contributed by atoms with Crippen LogP contribution in [0.15, 0.2) is 73.1 Å². The molecular formula is C24H32N4O3Si. The van der Waals surface area contributed by atoms with E-state index in [1.807, 2.05) is 26.2 Å². The Labute approximate surface area is 190 Å². The smallest absolute Gasteiger partial charge is 0.306 e. The molecule has 8 heteroatoms. The van der Waals surface area contributed by atoms with Crippen LogP contribution in [0.3, 0.4) is 0 Å². The molecule has 0 amide bonds. The van der Waals surface area contributed by atoms with Gasteiger partial charge in [-0.1, -0.05) is 81.4 Å². The number of nitro groups is 1. The van der Waals surface area contributed by atoms with Crippen LogP contribution in [0, 0.1) is 10.1 Å². The third-order valence-corrected chi connectivity index (χ3v) is 10.6.